The van der Waals surface area contributed by atoms with E-state index in [1.165, 1.54) is 11.8 Å². The molecule has 0 radical (unpaired) electrons. The maximum atomic E-state index is 14.2. The summed E-state index contributed by atoms with van der Waals surface area (Å²) in [5.74, 6) is 0.380. The average Bonchev–Trinajstić information content (AvgIpc) is 3.71. The molecule has 3 heterocycles. The van der Waals surface area contributed by atoms with Gasteiger partial charge in [-0.15, -0.1) is 11.8 Å². The number of halogens is 4. The molecule has 0 amide bonds. The molecule has 68 heavy (non-hydrogen) atoms. The standard InChI is InChI=1S/C49H55ClF3N7O5S3/c1-4-36(14-13-35(2)50)48-47(54-34-57(48)3)37-9-8-10-41(31-37)60-29-27-59(28-30-60)40-17-15-38(16-18-40)56-68(64,65)44-19-20-45(46(32-44)67(62,63)49(51,52)53)55-39(33-66-43-11-6-5-7-12-43)21-24-58-25-22-42(61)23-26-58/h4-20,31-32,34,39,42,55-56,61H,2,21-30,33H2,1,3H3/b14-13-,36-4+/t39-/m1/s1. The number of allylic oxidation sites excluding steroid dienone is 5. The van der Waals surface area contributed by atoms with Crippen molar-refractivity contribution in [3.63, 3.8) is 0 Å². The summed E-state index contributed by atoms with van der Waals surface area (Å²) in [4.78, 5) is 10.4. The predicted molar refractivity (Wildman–Crippen MR) is 269 cm³/mol. The Morgan fingerprint density at radius 1 is 0.897 bits per heavy atom. The minimum absolute atomic E-state index is 0.146. The Kier molecular flexibility index (Phi) is 16.4. The summed E-state index contributed by atoms with van der Waals surface area (Å²) >= 11 is 7.47. The number of aliphatic hydroxyl groups is 1. The maximum absolute atomic E-state index is 14.2. The van der Waals surface area contributed by atoms with Crippen LogP contribution in [0, 0.1) is 0 Å². The quantitative estimate of drug-likeness (QED) is 0.0571. The number of likely N-dealkylation sites (tertiary alicyclic amines) is 1. The zero-order valence-corrected chi connectivity index (χ0v) is 40.9. The van der Waals surface area contributed by atoms with Gasteiger partial charge in [-0.3, -0.25) is 4.72 Å². The van der Waals surface area contributed by atoms with Crippen LogP contribution >= 0.6 is 23.4 Å². The number of piperazine rings is 1. The van der Waals surface area contributed by atoms with Gasteiger partial charge in [0.15, 0.2) is 0 Å². The largest absolute Gasteiger partial charge is 0.501 e. The van der Waals surface area contributed by atoms with Crippen molar-refractivity contribution in [2.45, 2.75) is 58.5 Å². The molecule has 2 aliphatic rings. The van der Waals surface area contributed by atoms with E-state index in [-0.39, 0.29) is 17.5 Å². The van der Waals surface area contributed by atoms with Crippen LogP contribution < -0.4 is 19.8 Å². The highest BCUT2D eigenvalue weighted by atomic mass is 35.5. The Labute approximate surface area is 406 Å². The van der Waals surface area contributed by atoms with Crippen molar-refractivity contribution >= 4 is 71.5 Å². The monoisotopic (exact) mass is 1010 g/mol. The van der Waals surface area contributed by atoms with Gasteiger partial charge in [0.05, 0.1) is 34.4 Å². The molecule has 12 nitrogen and oxygen atoms in total. The minimum Gasteiger partial charge on any atom is -0.393 e. The molecule has 3 N–H and O–H groups in total. The first-order valence-electron chi connectivity index (χ1n) is 22.2. The zero-order chi connectivity index (χ0) is 48.6. The van der Waals surface area contributed by atoms with Crippen LogP contribution in [-0.4, -0.2) is 106 Å². The van der Waals surface area contributed by atoms with E-state index < -0.39 is 41.2 Å². The lowest BCUT2D eigenvalue weighted by Crippen LogP contribution is -2.46. The van der Waals surface area contributed by atoms with Crippen LogP contribution in [-0.2, 0) is 26.9 Å². The van der Waals surface area contributed by atoms with E-state index >= 15 is 0 Å². The summed E-state index contributed by atoms with van der Waals surface area (Å²) < 4.78 is 101. The number of hydrogen-bond acceptors (Lipinski definition) is 11. The minimum atomic E-state index is -6.00. The summed E-state index contributed by atoms with van der Waals surface area (Å²) in [7, 11) is -8.62. The van der Waals surface area contributed by atoms with Crippen LogP contribution in [0.4, 0.5) is 35.9 Å². The van der Waals surface area contributed by atoms with E-state index in [0.29, 0.717) is 81.9 Å². The first-order chi connectivity index (χ1) is 32.4. The molecule has 2 fully saturated rings. The molecule has 0 spiro atoms. The van der Waals surface area contributed by atoms with E-state index in [1.54, 1.807) is 36.7 Å². The lowest BCUT2D eigenvalue weighted by Gasteiger charge is -2.37. The van der Waals surface area contributed by atoms with Crippen LogP contribution in [0.15, 0.2) is 148 Å². The SMILES string of the molecule is C=C(Cl)/C=C\C(=C/C)c1c(-c2cccc(N3CCN(c4ccc(NS(=O)(=O)c5ccc(N[C@H](CCN6CCC(O)CC6)CSc6ccccc6)c(S(=O)(=O)C(F)(F)F)c5)cc4)CC3)c2)ncn1C. The second kappa shape index (κ2) is 22.0. The summed E-state index contributed by atoms with van der Waals surface area (Å²) in [5.41, 5.74) is -0.322. The summed E-state index contributed by atoms with van der Waals surface area (Å²) in [6, 6.07) is 26.5. The molecule has 0 unspecified atom stereocenters. The number of nitrogens with one attached hydrogen (secondary N) is 2. The van der Waals surface area contributed by atoms with Gasteiger partial charge in [-0.25, -0.2) is 21.8 Å². The molecule has 4 aromatic carbocycles. The molecule has 1 atom stereocenters. The first kappa shape index (κ1) is 50.6. The molecule has 1 aromatic heterocycles. The Morgan fingerprint density at radius 3 is 2.22 bits per heavy atom. The number of sulfone groups is 1. The number of hydrogen-bond donors (Lipinski definition) is 3. The third kappa shape index (κ3) is 12.5. The molecule has 2 saturated heterocycles. The molecule has 2 aliphatic heterocycles. The molecule has 362 valence electrons. The van der Waals surface area contributed by atoms with Crippen molar-refractivity contribution in [3.8, 4) is 11.3 Å². The normalized spacial score (nSPS) is 16.3. The number of nitrogens with zero attached hydrogens (tertiary/aromatic N) is 5. The third-order valence-electron chi connectivity index (χ3n) is 12.0. The fourth-order valence-corrected chi connectivity index (χ4v) is 11.4. The highest BCUT2D eigenvalue weighted by Gasteiger charge is 2.48. The smallest absolute Gasteiger partial charge is 0.393 e. The number of alkyl halides is 3. The topological polar surface area (TPSA) is 140 Å². The van der Waals surface area contributed by atoms with Crippen molar-refractivity contribution < 1.29 is 35.1 Å². The van der Waals surface area contributed by atoms with Gasteiger partial charge < -0.3 is 29.7 Å². The lowest BCUT2D eigenvalue weighted by molar-refractivity contribution is -0.0435. The van der Waals surface area contributed by atoms with E-state index in [2.05, 4.69) is 43.5 Å². The van der Waals surface area contributed by atoms with Gasteiger partial charge in [0.1, 0.15) is 4.90 Å². The molecule has 19 heteroatoms. The van der Waals surface area contributed by atoms with Crippen LogP contribution in [0.1, 0.15) is 31.9 Å². The van der Waals surface area contributed by atoms with Crippen molar-refractivity contribution in [2.75, 3.05) is 71.4 Å². The van der Waals surface area contributed by atoms with E-state index in [9.17, 15) is 35.1 Å². The van der Waals surface area contributed by atoms with E-state index in [0.717, 1.165) is 50.9 Å². The Morgan fingerprint density at radius 2 is 1.57 bits per heavy atom. The Hall–Kier alpha value is -5.24. The van der Waals surface area contributed by atoms with E-state index in [1.807, 2.05) is 73.2 Å². The number of sulfonamides is 1. The molecule has 7 rings (SSSR count). The fourth-order valence-electron chi connectivity index (χ4n) is 8.25. The fraction of sp³-hybridized carbons (Fsp3) is 0.327. The number of piperidine rings is 1. The zero-order valence-electron chi connectivity index (χ0n) is 37.7. The number of imidazole rings is 1. The van der Waals surface area contributed by atoms with Gasteiger partial charge >= 0.3 is 5.51 Å². The molecular weight excluding hydrogens is 955 g/mol. The highest BCUT2D eigenvalue weighted by Crippen LogP contribution is 2.38. The van der Waals surface area contributed by atoms with Crippen LogP contribution in [0.2, 0.25) is 0 Å². The van der Waals surface area contributed by atoms with Crippen LogP contribution in [0.3, 0.4) is 0 Å². The summed E-state index contributed by atoms with van der Waals surface area (Å²) in [6.07, 6.45) is 8.72. The highest BCUT2D eigenvalue weighted by molar-refractivity contribution is 7.99. The molecular formula is C49H55ClF3N7O5S3. The van der Waals surface area contributed by atoms with Gasteiger partial charge in [0.2, 0.25) is 0 Å². The Bertz CT molecular complexity index is 2830. The summed E-state index contributed by atoms with van der Waals surface area (Å²) in [5, 5.41) is 13.4. The second-order valence-electron chi connectivity index (χ2n) is 16.7. The molecule has 0 saturated carbocycles. The van der Waals surface area contributed by atoms with Gasteiger partial charge in [-0.2, -0.15) is 13.2 Å². The van der Waals surface area contributed by atoms with Gasteiger partial charge in [-0.1, -0.05) is 60.7 Å². The molecule has 0 aliphatic carbocycles. The van der Waals surface area contributed by atoms with Gasteiger partial charge in [0.25, 0.3) is 19.9 Å². The number of benzene rings is 4. The molecule has 0 bridgehead atoms. The summed E-state index contributed by atoms with van der Waals surface area (Å²) in [6.45, 7) is 10.3. The van der Waals surface area contributed by atoms with Crippen molar-refractivity contribution in [1.29, 1.82) is 0 Å². The average molecular weight is 1010 g/mol. The van der Waals surface area contributed by atoms with Crippen LogP contribution in [0.5, 0.6) is 0 Å². The van der Waals surface area contributed by atoms with Gasteiger partial charge in [0, 0.05) is 97.2 Å². The predicted octanol–water partition coefficient (Wildman–Crippen LogP) is 9.64. The first-order valence-corrected chi connectivity index (χ1v) is 26.5. The Balaban J connectivity index is 1.03. The lowest BCUT2D eigenvalue weighted by atomic mass is 10.0. The van der Waals surface area contributed by atoms with Crippen molar-refractivity contribution in [2.24, 2.45) is 7.05 Å². The number of rotatable bonds is 18. The number of thioether (sulfide) groups is 1. The van der Waals surface area contributed by atoms with Gasteiger partial charge in [-0.05, 0) is 105 Å². The maximum Gasteiger partial charge on any atom is 0.501 e. The number of aromatic nitrogens is 2. The third-order valence-corrected chi connectivity index (χ3v) is 16.2. The van der Waals surface area contributed by atoms with Crippen molar-refractivity contribution in [3.05, 3.63) is 139 Å². The number of aliphatic hydroxyl groups excluding tert-OH is 1. The van der Waals surface area contributed by atoms with Crippen LogP contribution in [0.25, 0.3) is 16.8 Å². The second-order valence-corrected chi connectivity index (χ2v) is 21.9. The van der Waals surface area contributed by atoms with Crippen molar-refractivity contribution in [1.82, 2.24) is 14.5 Å². The van der Waals surface area contributed by atoms with E-state index in [4.69, 9.17) is 16.6 Å². The number of anilines is 4. The molecule has 5 aromatic rings. The number of aryl methyl sites for hydroxylation is 1.